The maximum absolute atomic E-state index is 12.6. The van der Waals surface area contributed by atoms with E-state index >= 15 is 0 Å². The van der Waals surface area contributed by atoms with Crippen molar-refractivity contribution < 1.29 is 9.53 Å². The van der Waals surface area contributed by atoms with E-state index in [1.54, 1.807) is 6.20 Å². The van der Waals surface area contributed by atoms with E-state index in [9.17, 15) is 4.79 Å². The zero-order valence-corrected chi connectivity index (χ0v) is 13.0. The number of hydrogen-bond donors (Lipinski definition) is 0. The summed E-state index contributed by atoms with van der Waals surface area (Å²) in [6, 6.07) is 16.0. The van der Waals surface area contributed by atoms with Crippen LogP contribution in [-0.2, 0) is 4.79 Å². The van der Waals surface area contributed by atoms with Gasteiger partial charge in [0.05, 0.1) is 6.54 Å². The highest BCUT2D eigenvalue weighted by Crippen LogP contribution is 2.48. The van der Waals surface area contributed by atoms with Crippen molar-refractivity contribution in [1.82, 2.24) is 9.88 Å². The summed E-state index contributed by atoms with van der Waals surface area (Å²) in [5.74, 6) is 1.48. The van der Waals surface area contributed by atoms with E-state index < -0.39 is 0 Å². The van der Waals surface area contributed by atoms with Crippen molar-refractivity contribution in [3.8, 4) is 5.88 Å². The molecule has 23 heavy (non-hydrogen) atoms. The number of likely N-dealkylation sites (tertiary alicyclic amines) is 1. The molecule has 2 aromatic rings. The number of rotatable bonds is 4. The lowest BCUT2D eigenvalue weighted by Gasteiger charge is -2.17. The van der Waals surface area contributed by atoms with E-state index in [1.807, 2.05) is 41.3 Å². The van der Waals surface area contributed by atoms with Gasteiger partial charge in [0.2, 0.25) is 11.8 Å². The number of ether oxygens (including phenoxy) is 1. The van der Waals surface area contributed by atoms with Gasteiger partial charge >= 0.3 is 0 Å². The molecule has 4 rings (SSSR count). The van der Waals surface area contributed by atoms with Gasteiger partial charge in [-0.05, 0) is 24.0 Å². The number of nitrogens with zero attached hydrogens (tertiary/aromatic N) is 2. The summed E-state index contributed by atoms with van der Waals surface area (Å²) in [4.78, 5) is 18.8. The fourth-order valence-electron chi connectivity index (χ4n) is 3.38. The third-order valence-electron chi connectivity index (χ3n) is 4.72. The first-order valence-corrected chi connectivity index (χ1v) is 8.22. The van der Waals surface area contributed by atoms with E-state index in [1.165, 1.54) is 5.56 Å². The Labute approximate surface area is 136 Å². The second-order valence-corrected chi connectivity index (χ2v) is 6.34. The summed E-state index contributed by atoms with van der Waals surface area (Å²) in [6.07, 6.45) is 3.64. The molecule has 0 spiro atoms. The van der Waals surface area contributed by atoms with Gasteiger partial charge in [0.15, 0.2) is 0 Å². The largest absolute Gasteiger partial charge is 0.472 e. The highest BCUT2D eigenvalue weighted by atomic mass is 16.5. The van der Waals surface area contributed by atoms with Gasteiger partial charge in [-0.2, -0.15) is 0 Å². The van der Waals surface area contributed by atoms with Crippen LogP contribution in [0.2, 0.25) is 0 Å². The summed E-state index contributed by atoms with van der Waals surface area (Å²) in [5, 5.41) is 0. The first-order chi connectivity index (χ1) is 11.3. The normalized spacial score (nSPS) is 26.1. The average molecular weight is 308 g/mol. The minimum atomic E-state index is 0.0581. The van der Waals surface area contributed by atoms with E-state index in [0.29, 0.717) is 18.3 Å². The van der Waals surface area contributed by atoms with Crippen molar-refractivity contribution in [1.29, 1.82) is 0 Å². The zero-order valence-electron chi connectivity index (χ0n) is 13.0. The van der Waals surface area contributed by atoms with Crippen molar-refractivity contribution in [3.05, 3.63) is 60.3 Å². The monoisotopic (exact) mass is 308 g/mol. The Morgan fingerprint density at radius 1 is 1.13 bits per heavy atom. The van der Waals surface area contributed by atoms with Gasteiger partial charge in [0.25, 0.3) is 0 Å². The molecule has 4 heteroatoms. The number of pyridine rings is 1. The zero-order chi connectivity index (χ0) is 15.6. The van der Waals surface area contributed by atoms with Crippen LogP contribution in [0.3, 0.4) is 0 Å². The lowest BCUT2D eigenvalue weighted by Crippen LogP contribution is -2.32. The number of benzene rings is 1. The second kappa shape index (κ2) is 6.03. The molecule has 3 atom stereocenters. The molecule has 118 valence electrons. The lowest BCUT2D eigenvalue weighted by atomic mass is 10.1. The molecule has 1 saturated heterocycles. The standard InChI is InChI=1S/C19H20N2O2/c22-19(17-12-16(17)14-6-2-1-3-7-14)21-11-9-15(13-21)23-18-8-4-5-10-20-18/h1-8,10,15-17H,9,11-13H2/t15-,16+,17+/m0/s1. The molecule has 0 radical (unpaired) electrons. The average Bonchev–Trinajstić information content (AvgIpc) is 3.28. The van der Waals surface area contributed by atoms with Crippen LogP contribution < -0.4 is 4.74 Å². The SMILES string of the molecule is O=C([C@@H]1C[C@@H]1c1ccccc1)N1CC[C@H](Oc2ccccn2)C1. The summed E-state index contributed by atoms with van der Waals surface area (Å²) in [5.41, 5.74) is 1.28. The van der Waals surface area contributed by atoms with E-state index in [0.717, 1.165) is 19.4 Å². The Bertz CT molecular complexity index is 674. The molecule has 1 aromatic carbocycles. The highest BCUT2D eigenvalue weighted by Gasteiger charge is 2.46. The first kappa shape index (κ1) is 14.2. The molecule has 0 bridgehead atoms. The molecule has 1 aliphatic heterocycles. The first-order valence-electron chi connectivity index (χ1n) is 8.22. The van der Waals surface area contributed by atoms with Crippen LogP contribution in [0.1, 0.15) is 24.3 Å². The summed E-state index contributed by atoms with van der Waals surface area (Å²) < 4.78 is 5.86. The minimum Gasteiger partial charge on any atom is -0.472 e. The topological polar surface area (TPSA) is 42.4 Å². The molecule has 2 aliphatic rings. The molecule has 2 fully saturated rings. The number of hydrogen-bond acceptors (Lipinski definition) is 3. The third kappa shape index (κ3) is 3.07. The number of carbonyl (C=O) groups excluding carboxylic acids is 1. The third-order valence-corrected chi connectivity index (χ3v) is 4.72. The summed E-state index contributed by atoms with van der Waals surface area (Å²) in [6.45, 7) is 1.46. The van der Waals surface area contributed by atoms with Crippen molar-refractivity contribution in [2.45, 2.75) is 24.9 Å². The predicted octanol–water partition coefficient (Wildman–Crippen LogP) is 2.87. The molecule has 0 N–H and O–H groups in total. The second-order valence-electron chi connectivity index (χ2n) is 6.34. The molecule has 1 aliphatic carbocycles. The molecule has 1 amide bonds. The Morgan fingerprint density at radius 3 is 2.74 bits per heavy atom. The van der Waals surface area contributed by atoms with Crippen molar-refractivity contribution in [2.24, 2.45) is 5.92 Å². The van der Waals surface area contributed by atoms with Gasteiger partial charge in [0.1, 0.15) is 6.10 Å². The molecule has 2 heterocycles. The number of aromatic nitrogens is 1. The van der Waals surface area contributed by atoms with Crippen LogP contribution >= 0.6 is 0 Å². The van der Waals surface area contributed by atoms with Crippen LogP contribution in [0.15, 0.2) is 54.7 Å². The highest BCUT2D eigenvalue weighted by molar-refractivity contribution is 5.83. The van der Waals surface area contributed by atoms with Crippen LogP contribution in [0.25, 0.3) is 0 Å². The van der Waals surface area contributed by atoms with Crippen LogP contribution in [-0.4, -0.2) is 35.0 Å². The fraction of sp³-hybridized carbons (Fsp3) is 0.368. The Morgan fingerprint density at radius 2 is 1.96 bits per heavy atom. The summed E-state index contributed by atoms with van der Waals surface area (Å²) in [7, 11) is 0. The van der Waals surface area contributed by atoms with Crippen molar-refractivity contribution >= 4 is 5.91 Å². The van der Waals surface area contributed by atoms with Crippen LogP contribution in [0.4, 0.5) is 0 Å². The fourth-order valence-corrected chi connectivity index (χ4v) is 3.38. The van der Waals surface area contributed by atoms with Crippen LogP contribution in [0.5, 0.6) is 5.88 Å². The molecule has 4 nitrogen and oxygen atoms in total. The number of amides is 1. The van der Waals surface area contributed by atoms with E-state index in [4.69, 9.17) is 4.74 Å². The van der Waals surface area contributed by atoms with E-state index in [-0.39, 0.29) is 17.9 Å². The maximum Gasteiger partial charge on any atom is 0.226 e. The van der Waals surface area contributed by atoms with Crippen LogP contribution in [0, 0.1) is 5.92 Å². The summed E-state index contributed by atoms with van der Waals surface area (Å²) >= 11 is 0. The molecule has 1 saturated carbocycles. The Kier molecular flexibility index (Phi) is 3.74. The van der Waals surface area contributed by atoms with Gasteiger partial charge in [-0.25, -0.2) is 4.98 Å². The van der Waals surface area contributed by atoms with Crippen molar-refractivity contribution in [2.75, 3.05) is 13.1 Å². The molecular weight excluding hydrogens is 288 g/mol. The Balaban J connectivity index is 1.33. The molecule has 0 unspecified atom stereocenters. The molecular formula is C19H20N2O2. The van der Waals surface area contributed by atoms with Gasteiger partial charge in [0, 0.05) is 31.1 Å². The van der Waals surface area contributed by atoms with Gasteiger partial charge in [-0.15, -0.1) is 0 Å². The minimum absolute atomic E-state index is 0.0581. The van der Waals surface area contributed by atoms with E-state index in [2.05, 4.69) is 17.1 Å². The maximum atomic E-state index is 12.6. The smallest absolute Gasteiger partial charge is 0.226 e. The van der Waals surface area contributed by atoms with Gasteiger partial charge in [-0.1, -0.05) is 36.4 Å². The van der Waals surface area contributed by atoms with Gasteiger partial charge < -0.3 is 9.64 Å². The lowest BCUT2D eigenvalue weighted by molar-refractivity contribution is -0.131. The quantitative estimate of drug-likeness (QED) is 0.872. The number of carbonyl (C=O) groups is 1. The predicted molar refractivity (Wildman–Crippen MR) is 87.1 cm³/mol. The molecule has 1 aromatic heterocycles. The van der Waals surface area contributed by atoms with Crippen molar-refractivity contribution in [3.63, 3.8) is 0 Å². The van der Waals surface area contributed by atoms with Gasteiger partial charge in [-0.3, -0.25) is 4.79 Å². The Hall–Kier alpha value is -2.36.